The van der Waals surface area contributed by atoms with Crippen LogP contribution in [0, 0.1) is 0 Å². The maximum Gasteiger partial charge on any atom is 0.142 e. The number of piperidine rings is 1. The summed E-state index contributed by atoms with van der Waals surface area (Å²) in [6.45, 7) is 7.00. The fourth-order valence-corrected chi connectivity index (χ4v) is 5.63. The van der Waals surface area contributed by atoms with E-state index in [0.29, 0.717) is 12.1 Å². The van der Waals surface area contributed by atoms with Crippen LogP contribution in [0.2, 0.25) is 0 Å². The van der Waals surface area contributed by atoms with Crippen LogP contribution in [0.15, 0.2) is 48.5 Å². The maximum atomic E-state index is 5.58. The summed E-state index contributed by atoms with van der Waals surface area (Å²) in [6, 6.07) is 18.9. The molecule has 2 aromatic carbocycles. The molecule has 0 N–H and O–H groups in total. The van der Waals surface area contributed by atoms with Crippen molar-refractivity contribution in [3.63, 3.8) is 0 Å². The number of likely N-dealkylation sites (tertiary alicyclic amines) is 1. The molecule has 2 heterocycles. The van der Waals surface area contributed by atoms with E-state index < -0.39 is 0 Å². The predicted octanol–water partition coefficient (Wildman–Crippen LogP) is 3.45. The molecule has 154 valence electrons. The molecule has 2 saturated heterocycles. The van der Waals surface area contributed by atoms with Gasteiger partial charge in [-0.05, 0) is 55.5 Å². The average molecular weight is 392 g/mol. The Bertz CT molecular complexity index is 805. The highest BCUT2D eigenvalue weighted by atomic mass is 16.5. The zero-order valence-corrected chi connectivity index (χ0v) is 17.6. The lowest BCUT2D eigenvalue weighted by atomic mass is 10.00. The van der Waals surface area contributed by atoms with Crippen LogP contribution in [0.5, 0.6) is 5.75 Å². The Labute approximate surface area is 175 Å². The number of para-hydroxylation sites is 2. The zero-order valence-electron chi connectivity index (χ0n) is 17.6. The average Bonchev–Trinajstić information content (AvgIpc) is 3.24. The Balaban J connectivity index is 1.18. The summed E-state index contributed by atoms with van der Waals surface area (Å²) in [6.07, 6.45) is 5.17. The third kappa shape index (κ3) is 3.88. The van der Waals surface area contributed by atoms with Gasteiger partial charge in [-0.3, -0.25) is 9.80 Å². The van der Waals surface area contributed by atoms with E-state index in [1.54, 1.807) is 18.2 Å². The summed E-state index contributed by atoms with van der Waals surface area (Å²) in [5.74, 6) is 0.991. The lowest BCUT2D eigenvalue weighted by molar-refractivity contribution is 0.0695. The number of rotatable bonds is 4. The number of anilines is 1. The van der Waals surface area contributed by atoms with Gasteiger partial charge in [0, 0.05) is 44.8 Å². The Kier molecular flexibility index (Phi) is 5.47. The summed E-state index contributed by atoms with van der Waals surface area (Å²) >= 11 is 0. The van der Waals surface area contributed by atoms with E-state index in [0.717, 1.165) is 31.9 Å². The maximum absolute atomic E-state index is 5.58. The molecule has 4 heteroatoms. The molecule has 0 saturated carbocycles. The van der Waals surface area contributed by atoms with Gasteiger partial charge in [0.15, 0.2) is 0 Å². The number of methoxy groups -OCH3 is 1. The smallest absolute Gasteiger partial charge is 0.142 e. The van der Waals surface area contributed by atoms with Gasteiger partial charge < -0.3 is 9.64 Å². The molecule has 2 aromatic rings. The quantitative estimate of drug-likeness (QED) is 0.795. The van der Waals surface area contributed by atoms with Gasteiger partial charge in [-0.2, -0.15) is 0 Å². The van der Waals surface area contributed by atoms with Crippen LogP contribution in [0.4, 0.5) is 5.69 Å². The summed E-state index contributed by atoms with van der Waals surface area (Å²) in [5.41, 5.74) is 4.39. The largest absolute Gasteiger partial charge is 0.495 e. The second-order valence-electron chi connectivity index (χ2n) is 8.82. The highest BCUT2D eigenvalue weighted by molar-refractivity contribution is 5.58. The predicted molar refractivity (Wildman–Crippen MR) is 119 cm³/mol. The van der Waals surface area contributed by atoms with Gasteiger partial charge in [-0.1, -0.05) is 36.4 Å². The number of nitrogens with zero attached hydrogens (tertiary/aromatic N) is 3. The highest BCUT2D eigenvalue weighted by Gasteiger charge is 2.33. The highest BCUT2D eigenvalue weighted by Crippen LogP contribution is 2.31. The van der Waals surface area contributed by atoms with Crippen molar-refractivity contribution < 1.29 is 4.74 Å². The minimum atomic E-state index is 0.713. The van der Waals surface area contributed by atoms with Crippen molar-refractivity contribution in [3.05, 3.63) is 59.7 Å². The molecule has 0 aromatic heterocycles. The SMILES string of the molecule is COc1ccccc1N1CCN([C@H]2CCCN(C3Cc4ccccc4C3)C2)CC1. The van der Waals surface area contributed by atoms with E-state index in [4.69, 9.17) is 4.74 Å². The molecule has 0 radical (unpaired) electrons. The Morgan fingerprint density at radius 2 is 1.45 bits per heavy atom. The van der Waals surface area contributed by atoms with Gasteiger partial charge in [-0.25, -0.2) is 0 Å². The van der Waals surface area contributed by atoms with Gasteiger partial charge in [0.25, 0.3) is 0 Å². The molecule has 2 fully saturated rings. The third-order valence-corrected chi connectivity index (χ3v) is 7.23. The van der Waals surface area contributed by atoms with Gasteiger partial charge in [0.05, 0.1) is 12.8 Å². The monoisotopic (exact) mass is 391 g/mol. The molecule has 3 aliphatic rings. The summed E-state index contributed by atoms with van der Waals surface area (Å²) in [4.78, 5) is 8.03. The zero-order chi connectivity index (χ0) is 19.6. The number of fused-ring (bicyclic) bond motifs is 1. The van der Waals surface area contributed by atoms with Crippen LogP contribution in [0.3, 0.4) is 0 Å². The van der Waals surface area contributed by atoms with Gasteiger partial charge in [0.2, 0.25) is 0 Å². The second-order valence-corrected chi connectivity index (χ2v) is 8.82. The van der Waals surface area contributed by atoms with Crippen molar-refractivity contribution in [3.8, 4) is 5.75 Å². The van der Waals surface area contributed by atoms with E-state index in [2.05, 4.69) is 63.2 Å². The molecule has 0 unspecified atom stereocenters. The van der Waals surface area contributed by atoms with Crippen molar-refractivity contribution in [2.24, 2.45) is 0 Å². The van der Waals surface area contributed by atoms with Gasteiger partial charge >= 0.3 is 0 Å². The first-order chi connectivity index (χ1) is 14.3. The molecule has 1 aliphatic carbocycles. The summed E-state index contributed by atoms with van der Waals surface area (Å²) in [5, 5.41) is 0. The van der Waals surface area contributed by atoms with E-state index in [-0.39, 0.29) is 0 Å². The fraction of sp³-hybridized carbons (Fsp3) is 0.520. The van der Waals surface area contributed by atoms with E-state index >= 15 is 0 Å². The second kappa shape index (κ2) is 8.37. The summed E-state index contributed by atoms with van der Waals surface area (Å²) in [7, 11) is 1.77. The van der Waals surface area contributed by atoms with Crippen molar-refractivity contribution in [2.75, 3.05) is 51.3 Å². The Morgan fingerprint density at radius 1 is 0.759 bits per heavy atom. The van der Waals surface area contributed by atoms with Crippen LogP contribution in [0.25, 0.3) is 0 Å². The number of benzene rings is 2. The molecule has 0 spiro atoms. The first-order valence-electron chi connectivity index (χ1n) is 11.2. The Morgan fingerprint density at radius 3 is 2.17 bits per heavy atom. The van der Waals surface area contributed by atoms with Crippen LogP contribution in [-0.4, -0.2) is 68.3 Å². The lowest BCUT2D eigenvalue weighted by Crippen LogP contribution is -2.56. The van der Waals surface area contributed by atoms with Gasteiger partial charge in [-0.15, -0.1) is 0 Å². The molecule has 0 amide bonds. The molecule has 5 rings (SSSR count). The molecule has 4 nitrogen and oxygen atoms in total. The minimum absolute atomic E-state index is 0.713. The van der Waals surface area contributed by atoms with Crippen LogP contribution in [-0.2, 0) is 12.8 Å². The van der Waals surface area contributed by atoms with E-state index in [1.165, 1.54) is 44.5 Å². The first-order valence-corrected chi connectivity index (χ1v) is 11.2. The van der Waals surface area contributed by atoms with Crippen LogP contribution < -0.4 is 9.64 Å². The normalized spacial score (nSPS) is 23.9. The summed E-state index contributed by atoms with van der Waals surface area (Å²) < 4.78 is 5.58. The first kappa shape index (κ1) is 19.0. The molecule has 2 aliphatic heterocycles. The topological polar surface area (TPSA) is 19.0 Å². The number of piperazine rings is 1. The van der Waals surface area contributed by atoms with Crippen LogP contribution in [0.1, 0.15) is 24.0 Å². The van der Waals surface area contributed by atoms with E-state index in [9.17, 15) is 0 Å². The lowest BCUT2D eigenvalue weighted by Gasteiger charge is -2.45. The van der Waals surface area contributed by atoms with Crippen molar-refractivity contribution in [1.29, 1.82) is 0 Å². The molecule has 0 bridgehead atoms. The van der Waals surface area contributed by atoms with Crippen molar-refractivity contribution in [1.82, 2.24) is 9.80 Å². The van der Waals surface area contributed by atoms with Gasteiger partial charge in [0.1, 0.15) is 5.75 Å². The van der Waals surface area contributed by atoms with Crippen molar-refractivity contribution >= 4 is 5.69 Å². The fourth-order valence-electron chi connectivity index (χ4n) is 5.63. The molecular formula is C25H33N3O. The molecule has 29 heavy (non-hydrogen) atoms. The standard InChI is InChI=1S/C25H33N3O/c1-29-25-11-5-4-10-24(25)27-15-13-26(14-16-27)22-9-6-12-28(19-22)23-17-20-7-2-3-8-21(20)18-23/h2-5,7-8,10-11,22-23H,6,9,12-19H2,1H3/t22-/m0/s1. The van der Waals surface area contributed by atoms with Crippen LogP contribution >= 0.6 is 0 Å². The number of hydrogen-bond acceptors (Lipinski definition) is 4. The Hall–Kier alpha value is -2.04. The van der Waals surface area contributed by atoms with E-state index in [1.807, 2.05) is 0 Å². The molecular weight excluding hydrogens is 358 g/mol. The number of ether oxygens (including phenoxy) is 1. The minimum Gasteiger partial charge on any atom is -0.495 e. The number of hydrogen-bond donors (Lipinski definition) is 0. The third-order valence-electron chi connectivity index (χ3n) is 7.23. The molecule has 1 atom stereocenters. The van der Waals surface area contributed by atoms with Crippen molar-refractivity contribution in [2.45, 2.75) is 37.8 Å².